The van der Waals surface area contributed by atoms with Gasteiger partial charge in [0.25, 0.3) is 0 Å². The number of rotatable bonds is 2. The minimum absolute atomic E-state index is 0.0515. The monoisotopic (exact) mass is 287 g/mol. The first-order chi connectivity index (χ1) is 7.16. The molecule has 1 aromatic rings. The third-order valence-corrected chi connectivity index (χ3v) is 4.23. The average molecular weight is 288 g/mol. The first-order valence-corrected chi connectivity index (χ1v) is 6.35. The van der Waals surface area contributed by atoms with Gasteiger partial charge in [-0.15, -0.1) is 11.3 Å². The highest BCUT2D eigenvalue weighted by Crippen LogP contribution is 2.25. The molecule has 15 heavy (non-hydrogen) atoms. The van der Waals surface area contributed by atoms with E-state index in [4.69, 9.17) is 0 Å². The van der Waals surface area contributed by atoms with Gasteiger partial charge in [-0.05, 0) is 32.9 Å². The van der Waals surface area contributed by atoms with Gasteiger partial charge in [0.05, 0.1) is 10.2 Å². The number of nitrogens with zero attached hydrogens (tertiary/aromatic N) is 1. The molecule has 1 saturated heterocycles. The van der Waals surface area contributed by atoms with E-state index in [0.29, 0.717) is 19.5 Å². The molecule has 3 nitrogen and oxygen atoms in total. The van der Waals surface area contributed by atoms with Crippen LogP contribution in [0.15, 0.2) is 15.2 Å². The van der Waals surface area contributed by atoms with Crippen molar-refractivity contribution in [3.05, 3.63) is 20.8 Å². The fraction of sp³-hybridized carbons (Fsp3) is 0.400. The van der Waals surface area contributed by atoms with Crippen LogP contribution in [0, 0.1) is 0 Å². The maximum Gasteiger partial charge on any atom is 0.230 e. The van der Waals surface area contributed by atoms with E-state index < -0.39 is 0 Å². The Labute approximate surface area is 100 Å². The zero-order valence-electron chi connectivity index (χ0n) is 8.03. The minimum Gasteiger partial charge on any atom is -0.337 e. The smallest absolute Gasteiger partial charge is 0.230 e. The van der Waals surface area contributed by atoms with Gasteiger partial charge in [0.2, 0.25) is 5.91 Å². The zero-order valence-corrected chi connectivity index (χ0v) is 10.4. The summed E-state index contributed by atoms with van der Waals surface area (Å²) in [7, 11) is 0. The van der Waals surface area contributed by atoms with Crippen LogP contribution in [0.1, 0.15) is 18.4 Å². The molecule has 0 aliphatic carbocycles. The van der Waals surface area contributed by atoms with Gasteiger partial charge in [-0.1, -0.05) is 0 Å². The molecule has 2 rings (SSSR count). The molecule has 80 valence electrons. The molecule has 1 aromatic heterocycles. The highest BCUT2D eigenvalue weighted by molar-refractivity contribution is 9.11. The van der Waals surface area contributed by atoms with Crippen LogP contribution in [0.4, 0.5) is 0 Å². The van der Waals surface area contributed by atoms with Crippen molar-refractivity contribution in [2.75, 3.05) is 6.54 Å². The number of piperidine rings is 1. The summed E-state index contributed by atoms with van der Waals surface area (Å²) in [5.41, 5.74) is 1.11. The summed E-state index contributed by atoms with van der Waals surface area (Å²) in [5, 5.41) is 1.99. The van der Waals surface area contributed by atoms with Crippen LogP contribution in [-0.2, 0) is 16.1 Å². The largest absolute Gasteiger partial charge is 0.337 e. The van der Waals surface area contributed by atoms with E-state index in [1.807, 2.05) is 11.4 Å². The van der Waals surface area contributed by atoms with Gasteiger partial charge < -0.3 is 4.90 Å². The van der Waals surface area contributed by atoms with Crippen molar-refractivity contribution in [2.45, 2.75) is 19.4 Å². The molecule has 0 radical (unpaired) electrons. The molecule has 1 aliphatic rings. The number of amides is 1. The predicted octanol–water partition coefficient (Wildman–Crippen LogP) is 2.20. The van der Waals surface area contributed by atoms with Crippen LogP contribution in [0.3, 0.4) is 0 Å². The Hall–Kier alpha value is -0.680. The third-order valence-electron chi connectivity index (χ3n) is 2.42. The van der Waals surface area contributed by atoms with Crippen LogP contribution in [-0.4, -0.2) is 23.1 Å². The van der Waals surface area contributed by atoms with Gasteiger partial charge in [-0.2, -0.15) is 0 Å². The van der Waals surface area contributed by atoms with Gasteiger partial charge in [-0.25, -0.2) is 0 Å². The fourth-order valence-electron chi connectivity index (χ4n) is 1.56. The quantitative estimate of drug-likeness (QED) is 0.782. The number of carbonyl (C=O) groups excluding carboxylic acids is 2. The number of thiophene rings is 1. The summed E-state index contributed by atoms with van der Waals surface area (Å²) >= 11 is 5.05. The molecule has 0 aromatic carbocycles. The number of ketones is 1. The summed E-state index contributed by atoms with van der Waals surface area (Å²) in [5.74, 6) is 0.00462. The first-order valence-electron chi connectivity index (χ1n) is 4.68. The highest BCUT2D eigenvalue weighted by Gasteiger charge is 2.24. The number of hydrogen-bond donors (Lipinski definition) is 0. The molecule has 0 atom stereocenters. The lowest BCUT2D eigenvalue weighted by atomic mass is 10.1. The van der Waals surface area contributed by atoms with Crippen LogP contribution in [0.25, 0.3) is 0 Å². The second-order valence-corrected chi connectivity index (χ2v) is 5.73. The van der Waals surface area contributed by atoms with Crippen molar-refractivity contribution < 1.29 is 9.59 Å². The summed E-state index contributed by atoms with van der Waals surface area (Å²) in [6.07, 6.45) is 0.565. The topological polar surface area (TPSA) is 37.4 Å². The SMILES string of the molecule is O=C1CCN(Cc2ccsc2Br)C(=O)C1. The predicted molar refractivity (Wildman–Crippen MR) is 61.7 cm³/mol. The Morgan fingerprint density at radius 1 is 1.47 bits per heavy atom. The summed E-state index contributed by atoms with van der Waals surface area (Å²) in [6, 6.07) is 2.00. The number of Topliss-reactive ketones (excluding diaryl/α,β-unsaturated/α-hetero) is 1. The second kappa shape index (κ2) is 4.45. The van der Waals surface area contributed by atoms with Gasteiger partial charge in [-0.3, -0.25) is 9.59 Å². The van der Waals surface area contributed by atoms with Crippen LogP contribution in [0.2, 0.25) is 0 Å². The van der Waals surface area contributed by atoms with Gasteiger partial charge >= 0.3 is 0 Å². The fourth-order valence-corrected chi connectivity index (χ4v) is 2.78. The maximum absolute atomic E-state index is 11.5. The molecule has 0 bridgehead atoms. The molecule has 1 aliphatic heterocycles. The van der Waals surface area contributed by atoms with E-state index >= 15 is 0 Å². The van der Waals surface area contributed by atoms with Gasteiger partial charge in [0.15, 0.2) is 0 Å². The molecular weight excluding hydrogens is 278 g/mol. The molecule has 2 heterocycles. The Kier molecular flexibility index (Phi) is 3.21. The van der Waals surface area contributed by atoms with Crippen molar-refractivity contribution in [1.82, 2.24) is 4.90 Å². The van der Waals surface area contributed by atoms with Gasteiger partial charge in [0.1, 0.15) is 5.78 Å². The number of likely N-dealkylation sites (tertiary alicyclic amines) is 1. The molecule has 1 amide bonds. The van der Waals surface area contributed by atoms with Crippen molar-refractivity contribution in [3.8, 4) is 0 Å². The van der Waals surface area contributed by atoms with E-state index in [2.05, 4.69) is 15.9 Å². The Morgan fingerprint density at radius 3 is 2.87 bits per heavy atom. The molecule has 0 unspecified atom stereocenters. The number of carbonyl (C=O) groups is 2. The molecule has 5 heteroatoms. The number of hydrogen-bond acceptors (Lipinski definition) is 3. The second-order valence-electron chi connectivity index (χ2n) is 3.50. The van der Waals surface area contributed by atoms with E-state index in [9.17, 15) is 9.59 Å². The van der Waals surface area contributed by atoms with Gasteiger partial charge in [0, 0.05) is 19.5 Å². The lowest BCUT2D eigenvalue weighted by molar-refractivity contribution is -0.139. The Morgan fingerprint density at radius 2 is 2.27 bits per heavy atom. The molecule has 0 N–H and O–H groups in total. The molecule has 1 fully saturated rings. The van der Waals surface area contributed by atoms with E-state index in [1.54, 1.807) is 16.2 Å². The van der Waals surface area contributed by atoms with Crippen molar-refractivity contribution in [2.24, 2.45) is 0 Å². The molecule has 0 spiro atoms. The third kappa shape index (κ3) is 2.46. The summed E-state index contributed by atoms with van der Waals surface area (Å²) < 4.78 is 1.06. The molecular formula is C10H10BrNO2S. The summed E-state index contributed by atoms with van der Waals surface area (Å²) in [4.78, 5) is 24.3. The standard InChI is InChI=1S/C10H10BrNO2S/c11-10-7(2-4-15-10)6-12-3-1-8(13)5-9(12)14/h2,4H,1,3,5-6H2. The van der Waals surface area contributed by atoms with E-state index in [-0.39, 0.29) is 18.1 Å². The zero-order chi connectivity index (χ0) is 10.8. The average Bonchev–Trinajstić information content (AvgIpc) is 2.57. The first kappa shape index (κ1) is 10.8. The maximum atomic E-state index is 11.5. The van der Waals surface area contributed by atoms with E-state index in [0.717, 1.165) is 9.35 Å². The van der Waals surface area contributed by atoms with Crippen molar-refractivity contribution >= 4 is 39.0 Å². The normalized spacial score (nSPS) is 17.3. The van der Waals surface area contributed by atoms with Crippen LogP contribution in [0.5, 0.6) is 0 Å². The van der Waals surface area contributed by atoms with Crippen molar-refractivity contribution in [1.29, 1.82) is 0 Å². The lowest BCUT2D eigenvalue weighted by Crippen LogP contribution is -2.38. The minimum atomic E-state index is -0.0515. The Bertz CT molecular complexity index is 402. The highest BCUT2D eigenvalue weighted by atomic mass is 79.9. The van der Waals surface area contributed by atoms with Crippen molar-refractivity contribution in [3.63, 3.8) is 0 Å². The summed E-state index contributed by atoms with van der Waals surface area (Å²) in [6.45, 7) is 1.16. The molecule has 0 saturated carbocycles. The van der Waals surface area contributed by atoms with Crippen LogP contribution < -0.4 is 0 Å². The lowest BCUT2D eigenvalue weighted by Gasteiger charge is -2.25. The Balaban J connectivity index is 2.04. The van der Waals surface area contributed by atoms with Crippen LogP contribution >= 0.6 is 27.3 Å². The number of halogens is 1. The van der Waals surface area contributed by atoms with E-state index in [1.165, 1.54) is 0 Å².